The number of hydrogen-bond acceptors (Lipinski definition) is 4. The highest BCUT2D eigenvalue weighted by atomic mass is 35.5. The SMILES string of the molecule is C#CCn1c(=NC(=O)c2ccc(Cl)cc2Cl)sc2cc(C(=O)OC)ccc21. The van der Waals surface area contributed by atoms with E-state index in [0.717, 1.165) is 10.2 Å². The summed E-state index contributed by atoms with van der Waals surface area (Å²) < 4.78 is 7.22. The third kappa shape index (κ3) is 3.91. The second-order valence-corrected chi connectivity index (χ2v) is 7.24. The largest absolute Gasteiger partial charge is 0.465 e. The molecule has 136 valence electrons. The molecule has 0 radical (unpaired) electrons. The van der Waals surface area contributed by atoms with Gasteiger partial charge in [-0.2, -0.15) is 4.99 Å². The van der Waals surface area contributed by atoms with E-state index in [1.807, 2.05) is 0 Å². The lowest BCUT2D eigenvalue weighted by molar-refractivity contribution is 0.0601. The van der Waals surface area contributed by atoms with Crippen molar-refractivity contribution in [3.8, 4) is 12.3 Å². The number of fused-ring (bicyclic) bond motifs is 1. The van der Waals surface area contributed by atoms with Crippen molar-refractivity contribution < 1.29 is 14.3 Å². The van der Waals surface area contributed by atoms with Crippen LogP contribution in [0.3, 0.4) is 0 Å². The van der Waals surface area contributed by atoms with E-state index in [-0.39, 0.29) is 17.1 Å². The van der Waals surface area contributed by atoms with Crippen LogP contribution in [0.5, 0.6) is 0 Å². The van der Waals surface area contributed by atoms with Gasteiger partial charge in [-0.1, -0.05) is 40.5 Å². The molecule has 0 saturated heterocycles. The second-order valence-electron chi connectivity index (χ2n) is 5.39. The molecule has 0 bridgehead atoms. The highest BCUT2D eigenvalue weighted by Gasteiger charge is 2.14. The zero-order valence-electron chi connectivity index (χ0n) is 14.0. The molecule has 0 aliphatic rings. The number of thiazole rings is 1. The molecule has 0 aliphatic heterocycles. The molecule has 8 heteroatoms. The molecule has 5 nitrogen and oxygen atoms in total. The number of amides is 1. The lowest BCUT2D eigenvalue weighted by Gasteiger charge is -2.02. The van der Waals surface area contributed by atoms with Gasteiger partial charge in [0.2, 0.25) is 0 Å². The van der Waals surface area contributed by atoms with E-state index in [0.29, 0.717) is 15.4 Å². The van der Waals surface area contributed by atoms with Gasteiger partial charge in [0.25, 0.3) is 5.91 Å². The first-order valence-corrected chi connectivity index (χ1v) is 9.21. The number of halogens is 2. The van der Waals surface area contributed by atoms with E-state index >= 15 is 0 Å². The van der Waals surface area contributed by atoms with Gasteiger partial charge in [0.1, 0.15) is 0 Å². The Kier molecular flexibility index (Phi) is 5.66. The number of nitrogens with zero attached hydrogens (tertiary/aromatic N) is 2. The van der Waals surface area contributed by atoms with Gasteiger partial charge in [0, 0.05) is 5.02 Å². The van der Waals surface area contributed by atoms with Crippen LogP contribution in [-0.4, -0.2) is 23.6 Å². The maximum absolute atomic E-state index is 12.6. The molecule has 3 rings (SSSR count). The van der Waals surface area contributed by atoms with Crippen molar-refractivity contribution >= 4 is 56.6 Å². The van der Waals surface area contributed by atoms with Crippen molar-refractivity contribution in [3.63, 3.8) is 0 Å². The number of terminal acetylenes is 1. The van der Waals surface area contributed by atoms with Crippen LogP contribution in [0.1, 0.15) is 20.7 Å². The van der Waals surface area contributed by atoms with E-state index < -0.39 is 11.9 Å². The average Bonchev–Trinajstić information content (AvgIpc) is 2.97. The number of esters is 1. The number of carbonyl (C=O) groups is 2. The molecular formula is C19H12Cl2N2O3S. The Morgan fingerprint density at radius 1 is 1.26 bits per heavy atom. The minimum atomic E-state index is -0.512. The van der Waals surface area contributed by atoms with Crippen molar-refractivity contribution in [2.24, 2.45) is 4.99 Å². The van der Waals surface area contributed by atoms with Gasteiger partial charge in [-0.15, -0.1) is 6.42 Å². The van der Waals surface area contributed by atoms with Crippen LogP contribution in [0.15, 0.2) is 41.4 Å². The summed E-state index contributed by atoms with van der Waals surface area (Å²) >= 11 is 13.2. The minimum Gasteiger partial charge on any atom is -0.465 e. The molecule has 1 amide bonds. The smallest absolute Gasteiger partial charge is 0.337 e. The van der Waals surface area contributed by atoms with E-state index in [1.165, 1.54) is 30.6 Å². The van der Waals surface area contributed by atoms with Crippen LogP contribution in [0, 0.1) is 12.3 Å². The number of ether oxygens (including phenoxy) is 1. The van der Waals surface area contributed by atoms with Crippen molar-refractivity contribution in [1.82, 2.24) is 4.57 Å². The first-order valence-electron chi connectivity index (χ1n) is 7.64. The van der Waals surface area contributed by atoms with Gasteiger partial charge in [0.05, 0.1) is 40.0 Å². The van der Waals surface area contributed by atoms with Gasteiger partial charge in [0.15, 0.2) is 4.80 Å². The molecule has 3 aromatic rings. The van der Waals surface area contributed by atoms with Crippen LogP contribution in [0.25, 0.3) is 10.2 Å². The molecule has 1 heterocycles. The van der Waals surface area contributed by atoms with Crippen LogP contribution in [-0.2, 0) is 11.3 Å². The number of rotatable bonds is 3. The zero-order valence-corrected chi connectivity index (χ0v) is 16.4. The molecule has 0 unspecified atom stereocenters. The summed E-state index contributed by atoms with van der Waals surface area (Å²) in [6, 6.07) is 9.63. The summed E-state index contributed by atoms with van der Waals surface area (Å²) in [5.41, 5.74) is 1.40. The molecule has 0 saturated carbocycles. The highest BCUT2D eigenvalue weighted by molar-refractivity contribution is 7.16. The zero-order chi connectivity index (χ0) is 19.6. The maximum Gasteiger partial charge on any atom is 0.337 e. The average molecular weight is 419 g/mol. The Morgan fingerprint density at radius 2 is 2.04 bits per heavy atom. The van der Waals surface area contributed by atoms with Gasteiger partial charge in [-0.25, -0.2) is 4.79 Å². The molecule has 2 aromatic carbocycles. The summed E-state index contributed by atoms with van der Waals surface area (Å²) in [5.74, 6) is 1.59. The Morgan fingerprint density at radius 3 is 2.70 bits per heavy atom. The molecule has 0 spiro atoms. The summed E-state index contributed by atoms with van der Waals surface area (Å²) in [4.78, 5) is 28.9. The maximum atomic E-state index is 12.6. The fourth-order valence-electron chi connectivity index (χ4n) is 2.46. The van der Waals surface area contributed by atoms with Crippen LogP contribution in [0.4, 0.5) is 0 Å². The fraction of sp³-hybridized carbons (Fsp3) is 0.105. The van der Waals surface area contributed by atoms with E-state index in [2.05, 4.69) is 10.9 Å². The summed E-state index contributed by atoms with van der Waals surface area (Å²) in [6.07, 6.45) is 5.46. The predicted octanol–water partition coefficient (Wildman–Crippen LogP) is 4.17. The minimum absolute atomic E-state index is 0.217. The molecule has 1 aromatic heterocycles. The number of aromatic nitrogens is 1. The standard InChI is InChI=1S/C19H12Cl2N2O3S/c1-3-8-23-15-7-4-11(18(25)26-2)9-16(15)27-19(23)22-17(24)13-6-5-12(20)10-14(13)21/h1,4-7,9-10H,8H2,2H3. The Bertz CT molecular complexity index is 1170. The molecule has 0 aliphatic carbocycles. The topological polar surface area (TPSA) is 60.7 Å². The quantitative estimate of drug-likeness (QED) is 0.473. The monoisotopic (exact) mass is 418 g/mol. The summed E-state index contributed by atoms with van der Waals surface area (Å²) in [7, 11) is 1.31. The molecular weight excluding hydrogens is 407 g/mol. The lowest BCUT2D eigenvalue weighted by Crippen LogP contribution is -2.16. The van der Waals surface area contributed by atoms with Crippen LogP contribution >= 0.6 is 34.5 Å². The second kappa shape index (κ2) is 7.97. The Labute approximate surface area is 168 Å². The lowest BCUT2D eigenvalue weighted by atomic mass is 10.2. The predicted molar refractivity (Wildman–Crippen MR) is 106 cm³/mol. The van der Waals surface area contributed by atoms with E-state index in [9.17, 15) is 9.59 Å². The van der Waals surface area contributed by atoms with Gasteiger partial charge >= 0.3 is 5.97 Å². The first-order chi connectivity index (χ1) is 12.9. The first kappa shape index (κ1) is 19.2. The molecule has 0 N–H and O–H groups in total. The Balaban J connectivity index is 2.15. The summed E-state index contributed by atoms with van der Waals surface area (Å²) in [6.45, 7) is 0.220. The van der Waals surface area contributed by atoms with Crippen molar-refractivity contribution in [1.29, 1.82) is 0 Å². The van der Waals surface area contributed by atoms with E-state index in [4.69, 9.17) is 34.4 Å². The van der Waals surface area contributed by atoms with Crippen molar-refractivity contribution in [2.45, 2.75) is 6.54 Å². The van der Waals surface area contributed by atoms with Gasteiger partial charge in [-0.3, -0.25) is 4.79 Å². The third-order valence-electron chi connectivity index (χ3n) is 3.71. The molecule has 0 atom stereocenters. The number of carbonyl (C=O) groups excluding carboxylic acids is 2. The highest BCUT2D eigenvalue weighted by Crippen LogP contribution is 2.23. The number of methoxy groups -OCH3 is 1. The number of hydrogen-bond donors (Lipinski definition) is 0. The van der Waals surface area contributed by atoms with Gasteiger partial charge in [-0.05, 0) is 36.4 Å². The fourth-order valence-corrected chi connectivity index (χ4v) is 4.01. The van der Waals surface area contributed by atoms with Gasteiger partial charge < -0.3 is 9.30 Å². The van der Waals surface area contributed by atoms with Crippen LogP contribution in [0.2, 0.25) is 10.0 Å². The normalized spacial score (nSPS) is 11.4. The Hall–Kier alpha value is -2.59. The van der Waals surface area contributed by atoms with Crippen molar-refractivity contribution in [2.75, 3.05) is 7.11 Å². The third-order valence-corrected chi connectivity index (χ3v) is 5.30. The van der Waals surface area contributed by atoms with E-state index in [1.54, 1.807) is 28.8 Å². The van der Waals surface area contributed by atoms with Crippen LogP contribution < -0.4 is 4.80 Å². The summed E-state index contributed by atoms with van der Waals surface area (Å²) in [5, 5.41) is 0.644. The van der Waals surface area contributed by atoms with Crippen molar-refractivity contribution in [3.05, 3.63) is 62.4 Å². The number of benzene rings is 2. The molecule has 0 fully saturated rings. The molecule has 27 heavy (non-hydrogen) atoms.